The molecule has 0 radical (unpaired) electrons. The molecule has 0 bridgehead atoms. The third kappa shape index (κ3) is 1.31. The lowest BCUT2D eigenvalue weighted by Gasteiger charge is -2.03. The Labute approximate surface area is 106 Å². The Hall–Kier alpha value is -2.74. The zero-order valence-electron chi connectivity index (χ0n) is 9.95. The van der Waals surface area contributed by atoms with Crippen molar-refractivity contribution >= 4 is 33.4 Å². The zero-order chi connectivity index (χ0) is 12.8. The van der Waals surface area contributed by atoms with Crippen molar-refractivity contribution in [1.29, 1.82) is 0 Å². The van der Waals surface area contributed by atoms with Crippen LogP contribution >= 0.6 is 0 Å². The van der Waals surface area contributed by atoms with E-state index >= 15 is 0 Å². The number of nitrogens with zero attached hydrogens (tertiary/aromatic N) is 5. The van der Waals surface area contributed by atoms with Crippen molar-refractivity contribution in [2.45, 2.75) is 0 Å². The van der Waals surface area contributed by atoms with Gasteiger partial charge in [0, 0.05) is 12.4 Å². The van der Waals surface area contributed by atoms with Crippen LogP contribution in [0.3, 0.4) is 0 Å². The Bertz CT molecular complexity index is 894. The lowest BCUT2D eigenvalue weighted by molar-refractivity contribution is 0.659. The van der Waals surface area contributed by atoms with Crippen molar-refractivity contribution in [2.75, 3.05) is 12.5 Å². The zero-order valence-corrected chi connectivity index (χ0v) is 9.95. The monoisotopic (exact) mass is 255 g/mol. The molecule has 8 nitrogen and oxygen atoms in total. The molecule has 3 heterocycles. The van der Waals surface area contributed by atoms with Crippen LogP contribution in [-0.2, 0) is 0 Å². The molecule has 0 fully saturated rings. The highest BCUT2D eigenvalue weighted by Gasteiger charge is 2.18. The van der Waals surface area contributed by atoms with Crippen LogP contribution in [0, 0.1) is 0 Å². The van der Waals surface area contributed by atoms with Crippen molar-refractivity contribution in [2.24, 2.45) is 0 Å². The predicted octanol–water partition coefficient (Wildman–Crippen LogP) is 0.965. The van der Waals surface area contributed by atoms with Gasteiger partial charge in [-0.25, -0.2) is 5.43 Å². The molecule has 0 aliphatic rings. The summed E-state index contributed by atoms with van der Waals surface area (Å²) in [5.74, 6) is 0.536. The number of anilines is 1. The molecule has 0 spiro atoms. The number of fused-ring (bicyclic) bond motifs is 5. The standard InChI is InChI=1S/C11H9N7O/c1-12-13-10-9-8(11-14-16-17-18(11)15-10)6-4-2-3-5-7(6)19-9/h2-5,12H,1H3,(H,13,15). The smallest absolute Gasteiger partial charge is 0.211 e. The second-order valence-corrected chi connectivity index (χ2v) is 4.02. The Morgan fingerprint density at radius 3 is 3.05 bits per heavy atom. The van der Waals surface area contributed by atoms with Gasteiger partial charge in [-0.15, -0.1) is 14.8 Å². The number of benzene rings is 1. The Morgan fingerprint density at radius 2 is 2.16 bits per heavy atom. The molecule has 0 aliphatic heterocycles. The topological polar surface area (TPSA) is 93.2 Å². The van der Waals surface area contributed by atoms with E-state index in [9.17, 15) is 0 Å². The van der Waals surface area contributed by atoms with Gasteiger partial charge < -0.3 is 9.84 Å². The van der Waals surface area contributed by atoms with E-state index in [4.69, 9.17) is 4.42 Å². The van der Waals surface area contributed by atoms with Crippen LogP contribution in [0.2, 0.25) is 0 Å². The first-order chi connectivity index (χ1) is 9.38. The van der Waals surface area contributed by atoms with E-state index in [1.54, 1.807) is 7.05 Å². The average molecular weight is 255 g/mol. The highest BCUT2D eigenvalue weighted by atomic mass is 16.3. The fraction of sp³-hybridized carbons (Fsp3) is 0.0909. The summed E-state index contributed by atoms with van der Waals surface area (Å²) in [5, 5.41) is 17.5. The second-order valence-electron chi connectivity index (χ2n) is 4.02. The Morgan fingerprint density at radius 1 is 1.26 bits per heavy atom. The third-order valence-corrected chi connectivity index (χ3v) is 2.93. The van der Waals surface area contributed by atoms with E-state index in [2.05, 4.69) is 31.5 Å². The molecule has 3 aromatic heterocycles. The van der Waals surface area contributed by atoms with Gasteiger partial charge in [0.2, 0.25) is 11.5 Å². The molecule has 4 aromatic rings. The van der Waals surface area contributed by atoms with Gasteiger partial charge in [-0.3, -0.25) is 0 Å². The number of aromatic nitrogens is 5. The van der Waals surface area contributed by atoms with Crippen LogP contribution in [-0.4, -0.2) is 32.3 Å². The molecule has 0 saturated carbocycles. The van der Waals surface area contributed by atoms with Crippen LogP contribution < -0.4 is 10.9 Å². The normalized spacial score (nSPS) is 11.6. The molecular weight excluding hydrogens is 246 g/mol. The maximum absolute atomic E-state index is 5.84. The lowest BCUT2D eigenvalue weighted by Crippen LogP contribution is -2.17. The van der Waals surface area contributed by atoms with E-state index in [0.717, 1.165) is 16.4 Å². The van der Waals surface area contributed by atoms with Crippen molar-refractivity contribution in [1.82, 2.24) is 30.7 Å². The first-order valence-electron chi connectivity index (χ1n) is 5.71. The number of hydrazine groups is 1. The molecule has 8 heteroatoms. The summed E-state index contributed by atoms with van der Waals surface area (Å²) in [6.07, 6.45) is 0. The van der Waals surface area contributed by atoms with Crippen molar-refractivity contribution in [3.63, 3.8) is 0 Å². The highest BCUT2D eigenvalue weighted by molar-refractivity contribution is 6.14. The molecule has 19 heavy (non-hydrogen) atoms. The van der Waals surface area contributed by atoms with Gasteiger partial charge >= 0.3 is 0 Å². The van der Waals surface area contributed by atoms with Gasteiger partial charge in [0.1, 0.15) is 5.58 Å². The molecule has 0 atom stereocenters. The summed E-state index contributed by atoms with van der Waals surface area (Å²) in [6, 6.07) is 7.74. The van der Waals surface area contributed by atoms with Crippen molar-refractivity contribution < 1.29 is 4.42 Å². The summed E-state index contributed by atoms with van der Waals surface area (Å²) in [7, 11) is 1.75. The first-order valence-corrected chi connectivity index (χ1v) is 5.71. The van der Waals surface area contributed by atoms with Gasteiger partial charge in [-0.05, 0) is 16.5 Å². The summed E-state index contributed by atoms with van der Waals surface area (Å²) >= 11 is 0. The molecule has 94 valence electrons. The summed E-state index contributed by atoms with van der Waals surface area (Å²) in [4.78, 5) is 0. The molecule has 0 aliphatic carbocycles. The number of furan rings is 1. The van der Waals surface area contributed by atoms with Crippen LogP contribution in [0.15, 0.2) is 28.7 Å². The Balaban J connectivity index is 2.27. The van der Waals surface area contributed by atoms with E-state index < -0.39 is 0 Å². The third-order valence-electron chi connectivity index (χ3n) is 2.93. The van der Waals surface area contributed by atoms with Crippen LogP contribution in [0.1, 0.15) is 0 Å². The number of para-hydroxylation sites is 1. The average Bonchev–Trinajstić information content (AvgIpc) is 3.01. The van der Waals surface area contributed by atoms with Gasteiger partial charge in [0.05, 0.1) is 5.39 Å². The summed E-state index contributed by atoms with van der Waals surface area (Å²) in [6.45, 7) is 0. The quantitative estimate of drug-likeness (QED) is 0.515. The molecule has 0 amide bonds. The number of hydrogen-bond acceptors (Lipinski definition) is 7. The second kappa shape index (κ2) is 3.62. The maximum Gasteiger partial charge on any atom is 0.211 e. The van der Waals surface area contributed by atoms with Gasteiger partial charge in [-0.1, -0.05) is 18.2 Å². The minimum absolute atomic E-state index is 0.536. The highest BCUT2D eigenvalue weighted by Crippen LogP contribution is 2.33. The fourth-order valence-electron chi connectivity index (χ4n) is 2.17. The van der Waals surface area contributed by atoms with Crippen molar-refractivity contribution in [3.8, 4) is 0 Å². The fourth-order valence-corrected chi connectivity index (χ4v) is 2.17. The minimum atomic E-state index is 0.536. The summed E-state index contributed by atoms with van der Waals surface area (Å²) < 4.78 is 7.22. The maximum atomic E-state index is 5.84. The van der Waals surface area contributed by atoms with Crippen LogP contribution in [0.5, 0.6) is 0 Å². The molecule has 0 unspecified atom stereocenters. The van der Waals surface area contributed by atoms with Crippen molar-refractivity contribution in [3.05, 3.63) is 24.3 Å². The molecular formula is C11H9N7O. The number of rotatable bonds is 2. The Kier molecular flexibility index (Phi) is 1.95. The van der Waals surface area contributed by atoms with Gasteiger partial charge in [0.15, 0.2) is 5.58 Å². The van der Waals surface area contributed by atoms with Gasteiger partial charge in [0.25, 0.3) is 0 Å². The lowest BCUT2D eigenvalue weighted by atomic mass is 10.2. The van der Waals surface area contributed by atoms with Crippen LogP contribution in [0.4, 0.5) is 5.82 Å². The molecule has 2 N–H and O–H groups in total. The predicted molar refractivity (Wildman–Crippen MR) is 68.5 cm³/mol. The first kappa shape index (κ1) is 10.2. The number of tetrazole rings is 1. The van der Waals surface area contributed by atoms with Gasteiger partial charge in [-0.2, -0.15) is 0 Å². The minimum Gasteiger partial charge on any atom is -0.452 e. The van der Waals surface area contributed by atoms with E-state index in [-0.39, 0.29) is 0 Å². The SMILES string of the molecule is CNNc1nn2nnnc2c2c1oc1ccccc12. The van der Waals surface area contributed by atoms with E-state index in [0.29, 0.717) is 17.0 Å². The summed E-state index contributed by atoms with van der Waals surface area (Å²) in [5.41, 5.74) is 7.71. The van der Waals surface area contributed by atoms with Crippen LogP contribution in [0.25, 0.3) is 27.6 Å². The molecule has 1 aromatic carbocycles. The molecule has 0 saturated heterocycles. The van der Waals surface area contributed by atoms with E-state index in [1.165, 1.54) is 4.63 Å². The number of nitrogens with one attached hydrogen (secondary N) is 2. The number of hydrogen-bond donors (Lipinski definition) is 2. The molecule has 4 rings (SSSR count). The van der Waals surface area contributed by atoms with E-state index in [1.807, 2.05) is 24.3 Å². The largest absolute Gasteiger partial charge is 0.452 e.